The molecule has 2 rings (SSSR count). The van der Waals surface area contributed by atoms with Gasteiger partial charge in [0.15, 0.2) is 0 Å². The highest BCUT2D eigenvalue weighted by Gasteiger charge is 2.29. The zero-order valence-electron chi connectivity index (χ0n) is 9.98. The average Bonchev–Trinajstić information content (AvgIpc) is 2.38. The number of anilines is 1. The van der Waals surface area contributed by atoms with Crippen LogP contribution >= 0.6 is 18.1 Å². The maximum Gasteiger partial charge on any atom is 0.360 e. The summed E-state index contributed by atoms with van der Waals surface area (Å²) in [6, 6.07) is 6.24. The largest absolute Gasteiger partial charge is 0.369 e. The Morgan fingerprint density at radius 1 is 1.21 bits per heavy atom. The van der Waals surface area contributed by atoms with E-state index in [0.717, 1.165) is 5.69 Å². The van der Waals surface area contributed by atoms with Gasteiger partial charge in [0.05, 0.1) is 4.92 Å². The van der Waals surface area contributed by atoms with Crippen molar-refractivity contribution in [1.29, 1.82) is 0 Å². The average molecular weight is 306 g/mol. The summed E-state index contributed by atoms with van der Waals surface area (Å²) in [5.41, 5.74) is 0.899. The first-order chi connectivity index (χ1) is 8.88. The molecule has 0 aromatic heterocycles. The lowest BCUT2D eigenvalue weighted by molar-refractivity contribution is -0.384. The molecule has 0 bridgehead atoms. The van der Waals surface area contributed by atoms with Gasteiger partial charge < -0.3 is 9.79 Å². The Morgan fingerprint density at radius 3 is 2.16 bits per heavy atom. The summed E-state index contributed by atoms with van der Waals surface area (Å²) in [5.74, 6) is 0. The van der Waals surface area contributed by atoms with E-state index in [1.807, 2.05) is 4.90 Å². The van der Waals surface area contributed by atoms with Gasteiger partial charge in [-0.1, -0.05) is 0 Å². The van der Waals surface area contributed by atoms with Crippen LogP contribution < -0.4 is 4.90 Å². The first kappa shape index (κ1) is 14.3. The van der Waals surface area contributed by atoms with Crippen LogP contribution in [0.25, 0.3) is 0 Å². The Bertz CT molecular complexity index is 510. The molecule has 1 heterocycles. The van der Waals surface area contributed by atoms with Gasteiger partial charge >= 0.3 is 6.87 Å². The molecule has 0 spiro atoms. The molecule has 7 nitrogen and oxygen atoms in total. The van der Waals surface area contributed by atoms with E-state index < -0.39 is 11.8 Å². The molecule has 1 aromatic carbocycles. The van der Waals surface area contributed by atoms with E-state index >= 15 is 0 Å². The van der Waals surface area contributed by atoms with Gasteiger partial charge in [-0.05, 0) is 23.4 Å². The lowest BCUT2D eigenvalue weighted by Crippen LogP contribution is -2.44. The quantitative estimate of drug-likeness (QED) is 0.522. The zero-order valence-corrected chi connectivity index (χ0v) is 11.6. The third kappa shape index (κ3) is 3.45. The number of halogens is 1. The molecular formula is C10H13ClN3O4P. The second-order valence-corrected chi connectivity index (χ2v) is 7.02. The summed E-state index contributed by atoms with van der Waals surface area (Å²) in [6.07, 6.45) is 0. The summed E-state index contributed by atoms with van der Waals surface area (Å²) in [7, 11) is 0. The SMILES string of the molecule is O=[N+]([O-])c1ccc(N2CCN(P(=O)(O)Cl)CC2)cc1. The fraction of sp³-hybridized carbons (Fsp3) is 0.400. The molecule has 9 heteroatoms. The molecule has 1 unspecified atom stereocenters. The van der Waals surface area contributed by atoms with E-state index in [0.29, 0.717) is 26.2 Å². The molecule has 0 saturated carbocycles. The van der Waals surface area contributed by atoms with Gasteiger partial charge in [-0.25, -0.2) is 4.67 Å². The van der Waals surface area contributed by atoms with Gasteiger partial charge in [0.25, 0.3) is 5.69 Å². The lowest BCUT2D eigenvalue weighted by Gasteiger charge is -2.35. The van der Waals surface area contributed by atoms with E-state index in [4.69, 9.17) is 11.2 Å². The van der Waals surface area contributed by atoms with Gasteiger partial charge in [0.1, 0.15) is 0 Å². The van der Waals surface area contributed by atoms with Crippen LogP contribution in [0, 0.1) is 10.1 Å². The molecule has 1 aromatic rings. The summed E-state index contributed by atoms with van der Waals surface area (Å²) in [5, 5.41) is 10.6. The maximum absolute atomic E-state index is 11.3. The number of non-ortho nitro benzene ring substituents is 1. The molecule has 1 aliphatic rings. The molecule has 1 fully saturated rings. The maximum atomic E-state index is 11.3. The zero-order chi connectivity index (χ0) is 14.0. The number of nitrogens with zero attached hydrogens (tertiary/aromatic N) is 3. The summed E-state index contributed by atoms with van der Waals surface area (Å²) in [4.78, 5) is 21.3. The Hall–Kier alpha value is -1.14. The van der Waals surface area contributed by atoms with Crippen molar-refractivity contribution in [2.75, 3.05) is 31.1 Å². The molecule has 1 atom stereocenters. The lowest BCUT2D eigenvalue weighted by atomic mass is 10.2. The number of rotatable bonds is 3. The van der Waals surface area contributed by atoms with Crippen LogP contribution in [0.3, 0.4) is 0 Å². The number of hydrogen-bond acceptors (Lipinski definition) is 4. The monoisotopic (exact) mass is 305 g/mol. The fourth-order valence-electron chi connectivity index (χ4n) is 1.99. The summed E-state index contributed by atoms with van der Waals surface area (Å²) in [6.45, 7) is -1.82. The normalized spacial score (nSPS) is 20.0. The number of piperazine rings is 1. The van der Waals surface area contributed by atoms with Gasteiger partial charge in [-0.15, -0.1) is 0 Å². The van der Waals surface area contributed by atoms with Crippen molar-refractivity contribution in [3.05, 3.63) is 34.4 Å². The van der Waals surface area contributed by atoms with Crippen LogP contribution in [0.4, 0.5) is 11.4 Å². The van der Waals surface area contributed by atoms with Gasteiger partial charge in [0, 0.05) is 44.0 Å². The first-order valence-corrected chi connectivity index (χ1v) is 8.17. The molecule has 104 valence electrons. The number of nitro groups is 1. The minimum atomic E-state index is -3.69. The van der Waals surface area contributed by atoms with Crippen molar-refractivity contribution < 1.29 is 14.4 Å². The highest BCUT2D eigenvalue weighted by molar-refractivity contribution is 7.82. The minimum absolute atomic E-state index is 0.0444. The molecule has 0 aliphatic carbocycles. The fourth-order valence-corrected chi connectivity index (χ4v) is 3.11. The third-order valence-electron chi connectivity index (χ3n) is 3.03. The van der Waals surface area contributed by atoms with Crippen molar-refractivity contribution in [1.82, 2.24) is 4.67 Å². The standard InChI is InChI=1S/C10H13ClN3O4P/c11-19(17,18)13-7-5-12(6-8-13)9-1-3-10(4-2-9)14(15)16/h1-4H,5-8H2,(H,17,18). The Morgan fingerprint density at radius 2 is 1.74 bits per heavy atom. The van der Waals surface area contributed by atoms with Crippen LogP contribution in [0.15, 0.2) is 24.3 Å². The van der Waals surface area contributed by atoms with Crippen molar-refractivity contribution in [2.45, 2.75) is 0 Å². The van der Waals surface area contributed by atoms with E-state index in [2.05, 4.69) is 0 Å². The third-order valence-corrected chi connectivity index (χ3v) is 4.77. The molecule has 1 aliphatic heterocycles. The van der Waals surface area contributed by atoms with Crippen LogP contribution in [-0.4, -0.2) is 40.7 Å². The summed E-state index contributed by atoms with van der Waals surface area (Å²) >= 11 is 5.40. The molecule has 0 amide bonds. The second kappa shape index (κ2) is 5.46. The minimum Gasteiger partial charge on any atom is -0.369 e. The predicted molar refractivity (Wildman–Crippen MR) is 72.6 cm³/mol. The first-order valence-electron chi connectivity index (χ1n) is 5.65. The Labute approximate surface area is 114 Å². The number of hydrogen-bond donors (Lipinski definition) is 1. The number of benzene rings is 1. The van der Waals surface area contributed by atoms with Gasteiger partial charge in [-0.3, -0.25) is 14.7 Å². The highest BCUT2D eigenvalue weighted by Crippen LogP contribution is 2.50. The van der Waals surface area contributed by atoms with E-state index in [9.17, 15) is 19.6 Å². The molecular weight excluding hydrogens is 293 g/mol. The van der Waals surface area contributed by atoms with E-state index in [1.165, 1.54) is 16.8 Å². The van der Waals surface area contributed by atoms with Crippen molar-refractivity contribution in [3.8, 4) is 0 Å². The van der Waals surface area contributed by atoms with Crippen LogP contribution in [-0.2, 0) is 4.57 Å². The van der Waals surface area contributed by atoms with E-state index in [1.54, 1.807) is 12.1 Å². The Balaban J connectivity index is 2.02. The molecule has 1 N–H and O–H groups in total. The highest BCUT2D eigenvalue weighted by atomic mass is 35.7. The van der Waals surface area contributed by atoms with Crippen molar-refractivity contribution >= 4 is 29.5 Å². The smallest absolute Gasteiger partial charge is 0.360 e. The predicted octanol–water partition coefficient (Wildman–Crippen LogP) is 2.06. The molecule has 19 heavy (non-hydrogen) atoms. The van der Waals surface area contributed by atoms with Crippen LogP contribution in [0.1, 0.15) is 0 Å². The topological polar surface area (TPSA) is 86.9 Å². The van der Waals surface area contributed by atoms with Crippen molar-refractivity contribution in [2.24, 2.45) is 0 Å². The molecule has 1 saturated heterocycles. The van der Waals surface area contributed by atoms with Gasteiger partial charge in [0.2, 0.25) is 0 Å². The van der Waals surface area contributed by atoms with Crippen LogP contribution in [0.2, 0.25) is 0 Å². The number of nitro benzene ring substituents is 1. The Kier molecular flexibility index (Phi) is 4.10. The second-order valence-electron chi connectivity index (χ2n) is 4.19. The van der Waals surface area contributed by atoms with Crippen molar-refractivity contribution in [3.63, 3.8) is 0 Å². The van der Waals surface area contributed by atoms with E-state index in [-0.39, 0.29) is 5.69 Å². The summed E-state index contributed by atoms with van der Waals surface area (Å²) < 4.78 is 12.6. The molecule has 0 radical (unpaired) electrons. The van der Waals surface area contributed by atoms with Gasteiger partial charge in [-0.2, -0.15) is 0 Å². The van der Waals surface area contributed by atoms with Crippen LogP contribution in [0.5, 0.6) is 0 Å².